The minimum absolute atomic E-state index is 0.210. The quantitative estimate of drug-likeness (QED) is 0.469. The molecule has 0 bridgehead atoms. The first-order chi connectivity index (χ1) is 15.5. The topological polar surface area (TPSA) is 80.3 Å². The molecule has 0 aliphatic carbocycles. The Labute approximate surface area is 184 Å². The summed E-state index contributed by atoms with van der Waals surface area (Å²) in [6, 6.07) is 15.9. The Hall–Kier alpha value is -3.85. The van der Waals surface area contributed by atoms with Crippen LogP contribution in [0.15, 0.2) is 60.7 Å². The standard InChI is InChI=1S/C23H15F2N3O3S/c24-15-10-17-20(11-16(15)25)32-23(27-17)28-21(29)13-5-3-6-14(8-13)26-22(30)19-9-12-4-1-2-7-18(12)31-19/h1-8,10-11,19H,9H2,(H,26,30)(H,27,28,29). The molecule has 1 aromatic heterocycles. The molecular formula is C23H15F2N3O3S. The highest BCUT2D eigenvalue weighted by Gasteiger charge is 2.28. The Morgan fingerprint density at radius 1 is 1.00 bits per heavy atom. The molecule has 9 heteroatoms. The zero-order chi connectivity index (χ0) is 22.2. The summed E-state index contributed by atoms with van der Waals surface area (Å²) in [6.45, 7) is 0. The molecule has 0 fully saturated rings. The molecule has 6 nitrogen and oxygen atoms in total. The summed E-state index contributed by atoms with van der Waals surface area (Å²) in [6.07, 6.45) is -0.172. The maximum absolute atomic E-state index is 13.4. The second-order valence-corrected chi connectivity index (χ2v) is 8.23. The highest BCUT2D eigenvalue weighted by Crippen LogP contribution is 2.30. The van der Waals surface area contributed by atoms with Crippen LogP contribution in [0.25, 0.3) is 10.2 Å². The molecule has 0 saturated heterocycles. The van der Waals surface area contributed by atoms with E-state index in [4.69, 9.17) is 4.74 Å². The van der Waals surface area contributed by atoms with Crippen LogP contribution in [-0.2, 0) is 11.2 Å². The van der Waals surface area contributed by atoms with Gasteiger partial charge in [-0.3, -0.25) is 14.9 Å². The van der Waals surface area contributed by atoms with Crippen molar-refractivity contribution in [3.05, 3.63) is 83.4 Å². The van der Waals surface area contributed by atoms with Gasteiger partial charge in [0.25, 0.3) is 11.8 Å². The van der Waals surface area contributed by atoms with Crippen molar-refractivity contribution in [2.75, 3.05) is 10.6 Å². The van der Waals surface area contributed by atoms with E-state index >= 15 is 0 Å². The number of para-hydroxylation sites is 1. The van der Waals surface area contributed by atoms with Crippen molar-refractivity contribution in [3.8, 4) is 5.75 Å². The van der Waals surface area contributed by atoms with Crippen LogP contribution in [-0.4, -0.2) is 22.9 Å². The third kappa shape index (κ3) is 3.90. The summed E-state index contributed by atoms with van der Waals surface area (Å²) in [5.74, 6) is -2.06. The Kier molecular flexibility index (Phi) is 5.02. The zero-order valence-corrected chi connectivity index (χ0v) is 17.2. The molecule has 2 amide bonds. The van der Waals surface area contributed by atoms with E-state index in [-0.39, 0.29) is 22.1 Å². The molecule has 3 aromatic carbocycles. The molecule has 5 rings (SSSR count). The highest BCUT2D eigenvalue weighted by atomic mass is 32.1. The van der Waals surface area contributed by atoms with Gasteiger partial charge < -0.3 is 10.1 Å². The van der Waals surface area contributed by atoms with Crippen molar-refractivity contribution in [2.24, 2.45) is 0 Å². The van der Waals surface area contributed by atoms with Gasteiger partial charge in [0, 0.05) is 23.7 Å². The Bertz CT molecular complexity index is 1310. The smallest absolute Gasteiger partial charge is 0.265 e. The number of hydrogen-bond acceptors (Lipinski definition) is 5. The van der Waals surface area contributed by atoms with Crippen LogP contribution in [0, 0.1) is 11.6 Å². The number of benzene rings is 3. The van der Waals surface area contributed by atoms with Crippen LogP contribution in [0.1, 0.15) is 15.9 Å². The molecular weight excluding hydrogens is 436 g/mol. The summed E-state index contributed by atoms with van der Waals surface area (Å²) in [5, 5.41) is 5.60. The third-order valence-corrected chi connectivity index (χ3v) is 5.92. The number of amides is 2. The van der Waals surface area contributed by atoms with Gasteiger partial charge in [0.2, 0.25) is 0 Å². The number of anilines is 2. The average molecular weight is 451 g/mol. The molecule has 4 aromatic rings. The number of hydrogen-bond donors (Lipinski definition) is 2. The van der Waals surface area contributed by atoms with E-state index in [0.717, 1.165) is 29.0 Å². The van der Waals surface area contributed by atoms with Crippen LogP contribution in [0.2, 0.25) is 0 Å². The van der Waals surface area contributed by atoms with Gasteiger partial charge in [-0.15, -0.1) is 0 Å². The highest BCUT2D eigenvalue weighted by molar-refractivity contribution is 7.22. The maximum atomic E-state index is 13.4. The lowest BCUT2D eigenvalue weighted by Crippen LogP contribution is -2.31. The van der Waals surface area contributed by atoms with Crippen LogP contribution in [0.3, 0.4) is 0 Å². The SMILES string of the molecule is O=C(Nc1nc2cc(F)c(F)cc2s1)c1cccc(NC(=O)C2Cc3ccccc3O2)c1. The first kappa shape index (κ1) is 20.1. The number of rotatable bonds is 4. The lowest BCUT2D eigenvalue weighted by atomic mass is 10.1. The fourth-order valence-electron chi connectivity index (χ4n) is 3.44. The van der Waals surface area contributed by atoms with Gasteiger partial charge in [-0.25, -0.2) is 13.8 Å². The molecule has 2 heterocycles. The minimum atomic E-state index is -1.00. The number of nitrogens with one attached hydrogen (secondary N) is 2. The number of ether oxygens (including phenoxy) is 1. The minimum Gasteiger partial charge on any atom is -0.480 e. The second kappa shape index (κ2) is 8.01. The molecule has 0 radical (unpaired) electrons. The zero-order valence-electron chi connectivity index (χ0n) is 16.4. The van der Waals surface area contributed by atoms with Gasteiger partial charge in [0.15, 0.2) is 22.9 Å². The van der Waals surface area contributed by atoms with Crippen LogP contribution < -0.4 is 15.4 Å². The third-order valence-electron chi connectivity index (χ3n) is 4.98. The average Bonchev–Trinajstić information content (AvgIpc) is 3.38. The first-order valence-corrected chi connectivity index (χ1v) is 10.5. The molecule has 1 atom stereocenters. The number of thiazole rings is 1. The van der Waals surface area contributed by atoms with E-state index in [1.54, 1.807) is 18.2 Å². The van der Waals surface area contributed by atoms with Crippen molar-refractivity contribution in [1.82, 2.24) is 4.98 Å². The van der Waals surface area contributed by atoms with Crippen molar-refractivity contribution in [3.63, 3.8) is 0 Å². The van der Waals surface area contributed by atoms with Crippen molar-refractivity contribution < 1.29 is 23.1 Å². The summed E-state index contributed by atoms with van der Waals surface area (Å²) >= 11 is 1.03. The monoisotopic (exact) mass is 451 g/mol. The van der Waals surface area contributed by atoms with Gasteiger partial charge in [0.1, 0.15) is 5.75 Å². The van der Waals surface area contributed by atoms with Gasteiger partial charge in [0.05, 0.1) is 10.2 Å². The summed E-state index contributed by atoms with van der Waals surface area (Å²) in [5.41, 5.74) is 1.95. The summed E-state index contributed by atoms with van der Waals surface area (Å²) < 4.78 is 32.9. The Morgan fingerprint density at radius 3 is 2.66 bits per heavy atom. The molecule has 1 aliphatic rings. The Morgan fingerprint density at radius 2 is 1.81 bits per heavy atom. The fraction of sp³-hybridized carbons (Fsp3) is 0.0870. The molecule has 32 heavy (non-hydrogen) atoms. The van der Waals surface area contributed by atoms with Gasteiger partial charge in [-0.1, -0.05) is 35.6 Å². The van der Waals surface area contributed by atoms with E-state index in [0.29, 0.717) is 22.6 Å². The van der Waals surface area contributed by atoms with Gasteiger partial charge in [-0.2, -0.15) is 0 Å². The van der Waals surface area contributed by atoms with E-state index in [2.05, 4.69) is 15.6 Å². The molecule has 2 N–H and O–H groups in total. The summed E-state index contributed by atoms with van der Waals surface area (Å²) in [7, 11) is 0. The number of aromatic nitrogens is 1. The largest absolute Gasteiger partial charge is 0.480 e. The Balaban J connectivity index is 1.27. The van der Waals surface area contributed by atoms with Gasteiger partial charge >= 0.3 is 0 Å². The van der Waals surface area contributed by atoms with Gasteiger partial charge in [-0.05, 0) is 35.9 Å². The van der Waals surface area contributed by atoms with Crippen LogP contribution in [0.4, 0.5) is 19.6 Å². The number of fused-ring (bicyclic) bond motifs is 2. The normalized spacial score (nSPS) is 14.6. The predicted molar refractivity (Wildman–Crippen MR) is 117 cm³/mol. The number of carbonyl (C=O) groups is 2. The lowest BCUT2D eigenvalue weighted by Gasteiger charge is -2.12. The first-order valence-electron chi connectivity index (χ1n) is 9.69. The second-order valence-electron chi connectivity index (χ2n) is 7.20. The number of nitrogens with zero attached hydrogens (tertiary/aromatic N) is 1. The van der Waals surface area contributed by atoms with Crippen LogP contribution in [0.5, 0.6) is 5.75 Å². The maximum Gasteiger partial charge on any atom is 0.265 e. The predicted octanol–water partition coefficient (Wildman–Crippen LogP) is 4.77. The van der Waals surface area contributed by atoms with E-state index < -0.39 is 23.6 Å². The molecule has 0 saturated carbocycles. The molecule has 1 unspecified atom stereocenters. The van der Waals surface area contributed by atoms with E-state index in [1.807, 2.05) is 24.3 Å². The molecule has 160 valence electrons. The van der Waals surface area contributed by atoms with Crippen molar-refractivity contribution in [2.45, 2.75) is 12.5 Å². The van der Waals surface area contributed by atoms with Crippen LogP contribution >= 0.6 is 11.3 Å². The van der Waals surface area contributed by atoms with Crippen molar-refractivity contribution in [1.29, 1.82) is 0 Å². The van der Waals surface area contributed by atoms with E-state index in [1.165, 1.54) is 6.07 Å². The number of halogens is 2. The van der Waals surface area contributed by atoms with E-state index in [9.17, 15) is 18.4 Å². The lowest BCUT2D eigenvalue weighted by molar-refractivity contribution is -0.122. The summed E-state index contributed by atoms with van der Waals surface area (Å²) in [4.78, 5) is 29.4. The number of carbonyl (C=O) groups excluding carboxylic acids is 2. The fourth-order valence-corrected chi connectivity index (χ4v) is 4.30. The van der Waals surface area contributed by atoms with Crippen molar-refractivity contribution >= 4 is 44.2 Å². The molecule has 0 spiro atoms. The molecule has 1 aliphatic heterocycles.